The summed E-state index contributed by atoms with van der Waals surface area (Å²) >= 11 is 0. The highest BCUT2D eigenvalue weighted by atomic mass is 32.2. The normalized spacial score (nSPS) is 17.8. The molecule has 9 heteroatoms. The van der Waals surface area contributed by atoms with Crippen LogP contribution in [0.3, 0.4) is 0 Å². The molecule has 2 aliphatic rings. The van der Waals surface area contributed by atoms with Crippen molar-refractivity contribution in [1.82, 2.24) is 4.31 Å². The van der Waals surface area contributed by atoms with Crippen LogP contribution in [0.1, 0.15) is 42.1 Å². The van der Waals surface area contributed by atoms with E-state index in [9.17, 15) is 26.8 Å². The Morgan fingerprint density at radius 3 is 2.28 bits per heavy atom. The SMILES string of the molecule is CC(=O)c1ccc(S(=O)(=O)N2CCC(C(=O)N3CCCc4c(F)cc(F)cc43)CC2)cc1. The standard InChI is InChI=1S/C23H24F2N2O4S/c1-15(28)16-4-6-19(7-5-16)32(30,31)26-11-8-17(9-12-26)23(29)27-10-2-3-20-21(25)13-18(24)14-22(20)27/h4-7,13-14,17H,2-3,8-12H2,1H3. The summed E-state index contributed by atoms with van der Waals surface area (Å²) < 4.78 is 55.2. The largest absolute Gasteiger partial charge is 0.312 e. The molecule has 0 unspecified atom stereocenters. The monoisotopic (exact) mass is 462 g/mol. The Labute approximate surface area is 185 Å². The fourth-order valence-corrected chi connectivity index (χ4v) is 5.89. The Balaban J connectivity index is 1.46. The number of hydrogen-bond donors (Lipinski definition) is 0. The Bertz CT molecular complexity index is 1160. The van der Waals surface area contributed by atoms with Gasteiger partial charge in [0.05, 0.1) is 10.6 Å². The first-order valence-corrected chi connectivity index (χ1v) is 12.0. The molecule has 2 heterocycles. The molecule has 0 radical (unpaired) electrons. The average Bonchev–Trinajstić information content (AvgIpc) is 2.78. The third-order valence-electron chi connectivity index (χ3n) is 6.20. The molecule has 2 aromatic carbocycles. The van der Waals surface area contributed by atoms with Crippen LogP contribution in [-0.2, 0) is 21.2 Å². The van der Waals surface area contributed by atoms with Crippen LogP contribution in [0.5, 0.6) is 0 Å². The predicted octanol–water partition coefficient (Wildman–Crippen LogP) is 3.55. The summed E-state index contributed by atoms with van der Waals surface area (Å²) in [5.41, 5.74) is 1.06. The third kappa shape index (κ3) is 4.19. The number of Topliss-reactive ketones (excluding diaryl/α,β-unsaturated/α-hetero) is 1. The lowest BCUT2D eigenvalue weighted by Crippen LogP contribution is -2.45. The van der Waals surface area contributed by atoms with Crippen molar-refractivity contribution in [2.24, 2.45) is 5.92 Å². The highest BCUT2D eigenvalue weighted by Gasteiger charge is 2.36. The fourth-order valence-electron chi connectivity index (χ4n) is 4.42. The first-order valence-electron chi connectivity index (χ1n) is 10.6. The van der Waals surface area contributed by atoms with Crippen molar-refractivity contribution in [3.63, 3.8) is 0 Å². The van der Waals surface area contributed by atoms with E-state index in [1.807, 2.05) is 0 Å². The topological polar surface area (TPSA) is 74.8 Å². The Kier molecular flexibility index (Phi) is 6.13. The molecule has 4 rings (SSSR count). The van der Waals surface area contributed by atoms with E-state index in [1.165, 1.54) is 46.5 Å². The predicted molar refractivity (Wildman–Crippen MR) is 115 cm³/mol. The number of halogens is 2. The van der Waals surface area contributed by atoms with E-state index < -0.39 is 27.6 Å². The number of piperidine rings is 1. The van der Waals surface area contributed by atoms with Gasteiger partial charge in [-0.2, -0.15) is 4.31 Å². The smallest absolute Gasteiger partial charge is 0.243 e. The van der Waals surface area contributed by atoms with Gasteiger partial charge in [0, 0.05) is 42.7 Å². The molecule has 0 saturated carbocycles. The van der Waals surface area contributed by atoms with Crippen molar-refractivity contribution in [2.45, 2.75) is 37.5 Å². The third-order valence-corrected chi connectivity index (χ3v) is 8.12. The van der Waals surface area contributed by atoms with Gasteiger partial charge in [0.2, 0.25) is 15.9 Å². The summed E-state index contributed by atoms with van der Waals surface area (Å²) in [6.07, 6.45) is 1.69. The van der Waals surface area contributed by atoms with E-state index in [1.54, 1.807) is 0 Å². The number of fused-ring (bicyclic) bond motifs is 1. The summed E-state index contributed by atoms with van der Waals surface area (Å²) in [5.74, 6) is -2.16. The summed E-state index contributed by atoms with van der Waals surface area (Å²) in [6, 6.07) is 7.82. The number of amides is 1. The van der Waals surface area contributed by atoms with Crippen LogP contribution >= 0.6 is 0 Å². The maximum atomic E-state index is 14.2. The molecule has 32 heavy (non-hydrogen) atoms. The van der Waals surface area contributed by atoms with Crippen molar-refractivity contribution < 1.29 is 26.8 Å². The number of carbonyl (C=O) groups is 2. The maximum absolute atomic E-state index is 14.2. The molecular weight excluding hydrogens is 438 g/mol. The molecule has 1 saturated heterocycles. The summed E-state index contributed by atoms with van der Waals surface area (Å²) in [6.45, 7) is 2.14. The Morgan fingerprint density at radius 2 is 1.66 bits per heavy atom. The van der Waals surface area contributed by atoms with Gasteiger partial charge in [-0.3, -0.25) is 9.59 Å². The molecule has 0 aromatic heterocycles. The fraction of sp³-hybridized carbons (Fsp3) is 0.391. The highest BCUT2D eigenvalue weighted by Crippen LogP contribution is 2.33. The molecule has 0 bridgehead atoms. The van der Waals surface area contributed by atoms with Crippen molar-refractivity contribution in [2.75, 3.05) is 24.5 Å². The molecule has 6 nitrogen and oxygen atoms in total. The van der Waals surface area contributed by atoms with E-state index in [4.69, 9.17) is 0 Å². The molecule has 170 valence electrons. The Hall–Kier alpha value is -2.65. The van der Waals surface area contributed by atoms with Crippen LogP contribution in [0.25, 0.3) is 0 Å². The van der Waals surface area contributed by atoms with Crippen LogP contribution < -0.4 is 4.90 Å². The minimum absolute atomic E-state index is 0.100. The molecule has 0 N–H and O–H groups in total. The zero-order chi connectivity index (χ0) is 23.0. The van der Waals surface area contributed by atoms with Crippen LogP contribution in [0.2, 0.25) is 0 Å². The summed E-state index contributed by atoms with van der Waals surface area (Å²) in [7, 11) is -3.74. The lowest BCUT2D eigenvalue weighted by atomic mass is 9.93. The second-order valence-electron chi connectivity index (χ2n) is 8.24. The minimum atomic E-state index is -3.74. The van der Waals surface area contributed by atoms with E-state index in [0.717, 1.165) is 6.07 Å². The van der Waals surface area contributed by atoms with E-state index in [0.29, 0.717) is 43.4 Å². The molecule has 2 aliphatic heterocycles. The van der Waals surface area contributed by atoms with Gasteiger partial charge in [0.1, 0.15) is 11.6 Å². The number of ketones is 1. The number of carbonyl (C=O) groups excluding carboxylic acids is 2. The van der Waals surface area contributed by atoms with E-state index in [2.05, 4.69) is 0 Å². The van der Waals surface area contributed by atoms with Gasteiger partial charge in [0.15, 0.2) is 5.78 Å². The van der Waals surface area contributed by atoms with Crippen molar-refractivity contribution in [3.8, 4) is 0 Å². The molecule has 0 spiro atoms. The lowest BCUT2D eigenvalue weighted by molar-refractivity contribution is -0.123. The minimum Gasteiger partial charge on any atom is -0.312 e. The number of nitrogens with zero attached hydrogens (tertiary/aromatic N) is 2. The molecule has 2 aromatic rings. The molecular formula is C23H24F2N2O4S. The Morgan fingerprint density at radius 1 is 1.00 bits per heavy atom. The number of benzene rings is 2. The lowest BCUT2D eigenvalue weighted by Gasteiger charge is -2.36. The second kappa shape index (κ2) is 8.71. The molecule has 1 fully saturated rings. The quantitative estimate of drug-likeness (QED) is 0.652. The van der Waals surface area contributed by atoms with Gasteiger partial charge in [-0.25, -0.2) is 17.2 Å². The van der Waals surface area contributed by atoms with Crippen LogP contribution in [-0.4, -0.2) is 44.0 Å². The van der Waals surface area contributed by atoms with Crippen molar-refractivity contribution >= 4 is 27.4 Å². The first-order chi connectivity index (χ1) is 15.2. The molecule has 0 aliphatic carbocycles. The number of hydrogen-bond acceptors (Lipinski definition) is 4. The number of sulfonamides is 1. The maximum Gasteiger partial charge on any atom is 0.243 e. The summed E-state index contributed by atoms with van der Waals surface area (Å²) in [4.78, 5) is 26.1. The number of rotatable bonds is 4. The molecule has 0 atom stereocenters. The van der Waals surface area contributed by atoms with Crippen molar-refractivity contribution in [3.05, 3.63) is 59.2 Å². The first kappa shape index (κ1) is 22.5. The van der Waals surface area contributed by atoms with Gasteiger partial charge in [-0.05, 0) is 50.8 Å². The second-order valence-corrected chi connectivity index (χ2v) is 10.2. The van der Waals surface area contributed by atoms with Gasteiger partial charge in [0.25, 0.3) is 0 Å². The van der Waals surface area contributed by atoms with Gasteiger partial charge >= 0.3 is 0 Å². The number of anilines is 1. The van der Waals surface area contributed by atoms with Crippen LogP contribution in [0.4, 0.5) is 14.5 Å². The van der Waals surface area contributed by atoms with E-state index >= 15 is 0 Å². The highest BCUT2D eigenvalue weighted by molar-refractivity contribution is 7.89. The van der Waals surface area contributed by atoms with Gasteiger partial charge < -0.3 is 4.90 Å². The van der Waals surface area contributed by atoms with Crippen molar-refractivity contribution in [1.29, 1.82) is 0 Å². The zero-order valence-corrected chi connectivity index (χ0v) is 18.5. The zero-order valence-electron chi connectivity index (χ0n) is 17.7. The average molecular weight is 463 g/mol. The van der Waals surface area contributed by atoms with Crippen LogP contribution in [0, 0.1) is 17.6 Å². The molecule has 1 amide bonds. The summed E-state index contributed by atoms with van der Waals surface area (Å²) in [5, 5.41) is 0. The van der Waals surface area contributed by atoms with Crippen LogP contribution in [0.15, 0.2) is 41.3 Å². The van der Waals surface area contributed by atoms with Gasteiger partial charge in [-0.1, -0.05) is 12.1 Å². The van der Waals surface area contributed by atoms with E-state index in [-0.39, 0.29) is 35.4 Å². The van der Waals surface area contributed by atoms with Gasteiger partial charge in [-0.15, -0.1) is 0 Å².